The van der Waals surface area contributed by atoms with Gasteiger partial charge in [0.15, 0.2) is 0 Å². The molecule has 0 saturated heterocycles. The number of hydrogen-bond donors (Lipinski definition) is 1. The number of hydrogen-bond acceptors (Lipinski definition) is 4. The summed E-state index contributed by atoms with van der Waals surface area (Å²) in [5.41, 5.74) is 1.82. The molecule has 5 rings (SSSR count). The third kappa shape index (κ3) is 3.89. The molecule has 1 N–H and O–H groups in total. The third-order valence-electron chi connectivity index (χ3n) is 5.06. The van der Waals surface area contributed by atoms with Crippen LogP contribution in [0.4, 0.5) is 23.7 Å². The average molecular weight is 457 g/mol. The minimum atomic E-state index is -4.49. The monoisotopic (exact) mass is 457 g/mol. The first kappa shape index (κ1) is 20.4. The summed E-state index contributed by atoms with van der Waals surface area (Å²) in [7, 11) is 0. The number of carbonyl (C=O) groups is 1. The maximum absolute atomic E-state index is 12.9. The van der Waals surface area contributed by atoms with Gasteiger partial charge in [0.05, 0.1) is 16.6 Å². The molecule has 6 nitrogen and oxygen atoms in total. The molecule has 0 spiro atoms. The maximum Gasteiger partial charge on any atom is 0.416 e. The molecular weight excluding hydrogens is 441 g/mol. The first-order valence-electron chi connectivity index (χ1n) is 9.62. The summed E-state index contributed by atoms with van der Waals surface area (Å²) in [6.07, 6.45) is -1.44. The number of ether oxygens (including phenoxy) is 1. The number of nitrogens with zero attached hydrogens (tertiary/aromatic N) is 3. The average Bonchev–Trinajstić information content (AvgIpc) is 3.40. The Hall–Kier alpha value is -3.53. The second-order valence-electron chi connectivity index (χ2n) is 7.16. The standard InChI is InChI=1S/C22H15F3N4O2S/c23-22(24,25)14-2-1-3-15(9-14)28-21(30)29-7-6-13-8-16(4-5-19(13)29)31-20-17-10-32-11-18(17)26-12-27-20/h1-9,12H,10-11H2,(H,28,30)/p+1. The van der Waals surface area contributed by atoms with E-state index in [1.54, 1.807) is 30.5 Å². The van der Waals surface area contributed by atoms with Crippen molar-refractivity contribution in [1.82, 2.24) is 14.5 Å². The van der Waals surface area contributed by atoms with Crippen LogP contribution in [0.15, 0.2) is 61.1 Å². The Morgan fingerprint density at radius 1 is 1.09 bits per heavy atom. The van der Waals surface area contributed by atoms with Gasteiger partial charge in [0.2, 0.25) is 5.88 Å². The molecule has 0 unspecified atom stereocenters. The zero-order chi connectivity index (χ0) is 22.3. The van der Waals surface area contributed by atoms with E-state index in [1.807, 2.05) is 0 Å². The van der Waals surface area contributed by atoms with Crippen LogP contribution in [0.5, 0.6) is 11.6 Å². The molecule has 0 fully saturated rings. The van der Waals surface area contributed by atoms with E-state index >= 15 is 0 Å². The molecule has 1 amide bonds. The highest BCUT2D eigenvalue weighted by molar-refractivity contribution is 7.77. The molecule has 0 atom stereocenters. The lowest BCUT2D eigenvalue weighted by Crippen LogP contribution is -2.18. The van der Waals surface area contributed by atoms with Gasteiger partial charge in [0, 0.05) is 17.3 Å². The van der Waals surface area contributed by atoms with Crippen molar-refractivity contribution in [3.05, 3.63) is 77.9 Å². The Bertz CT molecular complexity index is 1340. The van der Waals surface area contributed by atoms with Crippen LogP contribution in [0.1, 0.15) is 16.8 Å². The van der Waals surface area contributed by atoms with Crippen LogP contribution >= 0.6 is 0 Å². The Morgan fingerprint density at radius 2 is 1.97 bits per heavy atom. The van der Waals surface area contributed by atoms with E-state index in [2.05, 4.69) is 15.3 Å². The highest BCUT2D eigenvalue weighted by atomic mass is 32.2. The number of halogens is 3. The van der Waals surface area contributed by atoms with Crippen molar-refractivity contribution in [2.45, 2.75) is 17.7 Å². The van der Waals surface area contributed by atoms with Gasteiger partial charge in [-0.1, -0.05) is 6.07 Å². The summed E-state index contributed by atoms with van der Waals surface area (Å²) < 4.78 is 46.1. The number of nitrogens with one attached hydrogen (secondary N) is 1. The third-order valence-corrected chi connectivity index (χ3v) is 6.13. The molecule has 0 aliphatic carbocycles. The van der Waals surface area contributed by atoms with Crippen molar-refractivity contribution in [3.63, 3.8) is 0 Å². The number of alkyl halides is 3. The van der Waals surface area contributed by atoms with Gasteiger partial charge in [-0.3, -0.25) is 4.57 Å². The van der Waals surface area contributed by atoms with E-state index in [0.29, 0.717) is 17.1 Å². The Kier molecular flexibility index (Phi) is 5.01. The van der Waals surface area contributed by atoms with Gasteiger partial charge in [-0.15, -0.1) is 0 Å². The topological polar surface area (TPSA) is 69.0 Å². The number of amides is 1. The van der Waals surface area contributed by atoms with E-state index in [0.717, 1.165) is 40.3 Å². The van der Waals surface area contributed by atoms with Crippen LogP contribution in [-0.4, -0.2) is 20.6 Å². The van der Waals surface area contributed by atoms with Gasteiger partial charge in [0.1, 0.15) is 29.3 Å². The van der Waals surface area contributed by atoms with Crippen LogP contribution in [0.3, 0.4) is 0 Å². The first-order valence-corrected chi connectivity index (χ1v) is 10.9. The molecule has 4 aromatic rings. The number of anilines is 1. The predicted octanol–water partition coefficient (Wildman–Crippen LogP) is 5.15. The second-order valence-corrected chi connectivity index (χ2v) is 8.24. The number of rotatable bonds is 3. The molecule has 0 saturated carbocycles. The van der Waals surface area contributed by atoms with Crippen molar-refractivity contribution in [3.8, 4) is 11.6 Å². The van der Waals surface area contributed by atoms with Gasteiger partial charge in [-0.25, -0.2) is 14.8 Å². The number of fused-ring (bicyclic) bond motifs is 2. The summed E-state index contributed by atoms with van der Waals surface area (Å²) in [5.74, 6) is 2.83. The van der Waals surface area contributed by atoms with Crippen molar-refractivity contribution in [2.24, 2.45) is 0 Å². The lowest BCUT2D eigenvalue weighted by molar-refractivity contribution is -0.137. The molecule has 1 aliphatic rings. The lowest BCUT2D eigenvalue weighted by atomic mass is 10.2. The fourth-order valence-corrected chi connectivity index (χ4v) is 4.65. The summed E-state index contributed by atoms with van der Waals surface area (Å²) in [4.78, 5) is 21.2. The van der Waals surface area contributed by atoms with Crippen LogP contribution in [-0.2, 0) is 29.4 Å². The highest BCUT2D eigenvalue weighted by Crippen LogP contribution is 2.32. The van der Waals surface area contributed by atoms with Crippen molar-refractivity contribution < 1.29 is 22.7 Å². The summed E-state index contributed by atoms with van der Waals surface area (Å²) in [6.45, 7) is 0. The first-order chi connectivity index (χ1) is 15.4. The fourth-order valence-electron chi connectivity index (χ4n) is 3.52. The van der Waals surface area contributed by atoms with Crippen LogP contribution in [0.2, 0.25) is 0 Å². The Labute approximate surface area is 184 Å². The van der Waals surface area contributed by atoms with Gasteiger partial charge < -0.3 is 10.1 Å². The van der Waals surface area contributed by atoms with E-state index in [1.165, 1.54) is 34.8 Å². The van der Waals surface area contributed by atoms with Crippen LogP contribution < -0.4 is 10.1 Å². The maximum atomic E-state index is 12.9. The van der Waals surface area contributed by atoms with E-state index in [9.17, 15) is 18.0 Å². The zero-order valence-corrected chi connectivity index (χ0v) is 17.3. The molecular formula is C22H16F3N4O2S+. The smallest absolute Gasteiger partial charge is 0.416 e. The Morgan fingerprint density at radius 3 is 2.81 bits per heavy atom. The van der Waals surface area contributed by atoms with E-state index < -0.39 is 17.8 Å². The minimum Gasteiger partial charge on any atom is -0.438 e. The van der Waals surface area contributed by atoms with E-state index in [4.69, 9.17) is 4.74 Å². The van der Waals surface area contributed by atoms with Crippen LogP contribution in [0.25, 0.3) is 10.9 Å². The van der Waals surface area contributed by atoms with Gasteiger partial charge in [-0.05, 0) is 54.2 Å². The van der Waals surface area contributed by atoms with Gasteiger partial charge in [0.25, 0.3) is 0 Å². The van der Waals surface area contributed by atoms with Crippen molar-refractivity contribution >= 4 is 34.4 Å². The van der Waals surface area contributed by atoms with E-state index in [-0.39, 0.29) is 5.69 Å². The van der Waals surface area contributed by atoms with Crippen molar-refractivity contribution in [1.29, 1.82) is 0 Å². The largest absolute Gasteiger partial charge is 0.438 e. The molecule has 0 radical (unpaired) electrons. The zero-order valence-electron chi connectivity index (χ0n) is 16.4. The SMILES string of the molecule is O=C(Nc1cccc(C(F)(F)F)c1)n1ccc2cc(Oc3ncnc4c3C[SH+]C4)ccc21. The molecule has 162 valence electrons. The van der Waals surface area contributed by atoms with Gasteiger partial charge >= 0.3 is 12.2 Å². The molecule has 32 heavy (non-hydrogen) atoms. The number of aromatic nitrogens is 3. The quantitative estimate of drug-likeness (QED) is 0.341. The van der Waals surface area contributed by atoms with Crippen LogP contribution in [0, 0.1) is 0 Å². The highest BCUT2D eigenvalue weighted by Gasteiger charge is 2.30. The van der Waals surface area contributed by atoms with Crippen molar-refractivity contribution in [2.75, 3.05) is 5.32 Å². The molecule has 0 bridgehead atoms. The molecule has 2 aromatic heterocycles. The molecule has 1 aliphatic heterocycles. The summed E-state index contributed by atoms with van der Waals surface area (Å²) >= 11 is 1.26. The van der Waals surface area contributed by atoms with Gasteiger partial charge in [-0.2, -0.15) is 13.2 Å². The normalized spacial score (nSPS) is 13.2. The number of benzene rings is 2. The Balaban J connectivity index is 1.37. The predicted molar refractivity (Wildman–Crippen MR) is 116 cm³/mol. The number of carbonyl (C=O) groups excluding carboxylic acids is 1. The molecule has 10 heteroatoms. The summed E-state index contributed by atoms with van der Waals surface area (Å²) in [6, 6.07) is 10.9. The second kappa shape index (κ2) is 7.86. The lowest BCUT2D eigenvalue weighted by Gasteiger charge is -2.11. The fraction of sp³-hybridized carbons (Fsp3) is 0.136. The summed E-state index contributed by atoms with van der Waals surface area (Å²) in [5, 5.41) is 3.25. The molecule has 3 heterocycles. The minimum absolute atomic E-state index is 0.0588. The molecule has 2 aromatic carbocycles. The number of thiol groups is 1.